The summed E-state index contributed by atoms with van der Waals surface area (Å²) in [6, 6.07) is 9.95. The molecule has 1 aliphatic rings. The van der Waals surface area contributed by atoms with E-state index in [-0.39, 0.29) is 23.9 Å². The lowest BCUT2D eigenvalue weighted by molar-refractivity contribution is 0.428. The summed E-state index contributed by atoms with van der Waals surface area (Å²) in [7, 11) is 0. The number of aromatic amines is 1. The summed E-state index contributed by atoms with van der Waals surface area (Å²) in [4.78, 5) is 19.4. The Morgan fingerprint density at radius 3 is 2.83 bits per heavy atom. The highest BCUT2D eigenvalue weighted by Crippen LogP contribution is 2.34. The van der Waals surface area contributed by atoms with Gasteiger partial charge < -0.3 is 4.98 Å². The highest BCUT2D eigenvalue weighted by Gasteiger charge is 2.33. The van der Waals surface area contributed by atoms with Crippen molar-refractivity contribution >= 4 is 11.9 Å². The summed E-state index contributed by atoms with van der Waals surface area (Å²) < 4.78 is 44.8. The maximum Gasteiger partial charge on any atom is 0.254 e. The Bertz CT molecular complexity index is 1100. The van der Waals surface area contributed by atoms with E-state index in [0.717, 1.165) is 11.9 Å². The second-order valence-corrected chi connectivity index (χ2v) is 7.95. The second-order valence-electron chi connectivity index (χ2n) is 7.21. The monoisotopic (exact) mass is 431 g/mol. The largest absolute Gasteiger partial charge is 0.313 e. The quantitative estimate of drug-likeness (QED) is 0.564. The fourth-order valence-electron chi connectivity index (χ4n) is 4.10. The number of H-pyrrole nitrogens is 1. The van der Waals surface area contributed by atoms with Gasteiger partial charge in [-0.1, -0.05) is 30.3 Å². The minimum Gasteiger partial charge on any atom is -0.313 e. The molecular formula is C22H20F3N3OS. The molecule has 0 fully saturated rings. The number of rotatable bonds is 6. The van der Waals surface area contributed by atoms with Gasteiger partial charge in [0.15, 0.2) is 0 Å². The van der Waals surface area contributed by atoms with Crippen molar-refractivity contribution in [2.24, 2.45) is 0 Å². The molecule has 1 aliphatic carbocycles. The van der Waals surface area contributed by atoms with E-state index in [1.54, 1.807) is 24.3 Å². The van der Waals surface area contributed by atoms with Gasteiger partial charge >= 0.3 is 0 Å². The van der Waals surface area contributed by atoms with Gasteiger partial charge in [0.1, 0.15) is 17.6 Å². The third kappa shape index (κ3) is 4.15. The van der Waals surface area contributed by atoms with Crippen LogP contribution < -0.4 is 10.3 Å². The zero-order valence-corrected chi connectivity index (χ0v) is 16.8. The van der Waals surface area contributed by atoms with Crippen LogP contribution >= 0.6 is 11.9 Å². The molecule has 1 aromatic heterocycles. The maximum atomic E-state index is 15.4. The van der Waals surface area contributed by atoms with Crippen molar-refractivity contribution in [3.8, 4) is 11.1 Å². The molecule has 0 bridgehead atoms. The molecule has 0 spiro atoms. The van der Waals surface area contributed by atoms with Crippen molar-refractivity contribution in [2.75, 3.05) is 6.01 Å². The van der Waals surface area contributed by atoms with Crippen molar-refractivity contribution in [1.29, 1.82) is 0 Å². The van der Waals surface area contributed by atoms with Crippen LogP contribution in [0.25, 0.3) is 11.1 Å². The Morgan fingerprint density at radius 1 is 1.20 bits per heavy atom. The van der Waals surface area contributed by atoms with Crippen LogP contribution in [0.1, 0.15) is 29.2 Å². The average Bonchev–Trinajstić information content (AvgIpc) is 2.74. The van der Waals surface area contributed by atoms with E-state index >= 15 is 4.39 Å². The summed E-state index contributed by atoms with van der Waals surface area (Å²) in [5, 5.41) is 0. The van der Waals surface area contributed by atoms with Crippen LogP contribution in [0.5, 0.6) is 0 Å². The Kier molecular flexibility index (Phi) is 6.24. The van der Waals surface area contributed by atoms with E-state index in [9.17, 15) is 13.6 Å². The Balaban J connectivity index is 1.73. The van der Waals surface area contributed by atoms with Crippen molar-refractivity contribution < 1.29 is 13.2 Å². The topological polar surface area (TPSA) is 57.8 Å². The first-order valence-corrected chi connectivity index (χ1v) is 10.6. The number of halogens is 3. The van der Waals surface area contributed by atoms with Gasteiger partial charge in [-0.15, -0.1) is 0 Å². The number of nitrogens with zero attached hydrogens (tertiary/aromatic N) is 1. The molecule has 2 N–H and O–H groups in total. The van der Waals surface area contributed by atoms with Gasteiger partial charge in [-0.3, -0.25) is 9.52 Å². The SMILES string of the molecule is O=c1[nH]cnc2c1[C@@H](Cc1cccc(-c3cccc(F)c3)c1F)[C@@H](NSCF)CC2. The molecule has 0 aliphatic heterocycles. The Hall–Kier alpha value is -2.58. The lowest BCUT2D eigenvalue weighted by Gasteiger charge is -2.32. The van der Waals surface area contributed by atoms with E-state index in [1.165, 1.54) is 24.5 Å². The average molecular weight is 431 g/mol. The van der Waals surface area contributed by atoms with Gasteiger partial charge in [0.2, 0.25) is 0 Å². The maximum absolute atomic E-state index is 15.4. The van der Waals surface area contributed by atoms with Gasteiger partial charge in [0.25, 0.3) is 5.56 Å². The molecular weight excluding hydrogens is 411 g/mol. The second kappa shape index (κ2) is 9.06. The summed E-state index contributed by atoms with van der Waals surface area (Å²) in [5.41, 5.74) is 2.09. The highest BCUT2D eigenvalue weighted by atomic mass is 32.2. The molecule has 1 heterocycles. The molecule has 0 radical (unpaired) electrons. The molecule has 8 heteroatoms. The number of nitrogens with one attached hydrogen (secondary N) is 2. The number of alkyl halides is 1. The minimum absolute atomic E-state index is 0.208. The summed E-state index contributed by atoms with van der Waals surface area (Å²) in [6.45, 7) is 0. The smallest absolute Gasteiger partial charge is 0.254 e. The van der Waals surface area contributed by atoms with Gasteiger partial charge in [-0.25, -0.2) is 18.2 Å². The zero-order valence-electron chi connectivity index (χ0n) is 16.0. The number of aryl methyl sites for hydroxylation is 1. The van der Waals surface area contributed by atoms with Gasteiger partial charge in [0.05, 0.1) is 12.0 Å². The number of benzene rings is 2. The van der Waals surface area contributed by atoms with Gasteiger partial charge in [-0.05, 0) is 54.5 Å². The number of hydrogen-bond donors (Lipinski definition) is 2. The Morgan fingerprint density at radius 2 is 2.03 bits per heavy atom. The van der Waals surface area contributed by atoms with Crippen LogP contribution in [0.3, 0.4) is 0 Å². The summed E-state index contributed by atoms with van der Waals surface area (Å²) in [6.07, 6.45) is 2.85. The van der Waals surface area contributed by atoms with E-state index in [2.05, 4.69) is 14.7 Å². The molecule has 156 valence electrons. The zero-order chi connectivity index (χ0) is 21.1. The normalized spacial score (nSPS) is 18.2. The van der Waals surface area contributed by atoms with E-state index in [1.807, 2.05) is 0 Å². The van der Waals surface area contributed by atoms with Crippen LogP contribution in [0.4, 0.5) is 13.2 Å². The Labute approximate surface area is 176 Å². The third-order valence-electron chi connectivity index (χ3n) is 5.46. The standard InChI is InChI=1S/C22H20F3N3OS/c23-11-30-28-18-7-8-19-20(22(29)27-12-26-19)17(18)10-14-4-2-6-16(21(14)25)13-3-1-5-15(24)9-13/h1-6,9,12,17-18,28H,7-8,10-11H2,(H,26,27,29)/t17-,18-/m0/s1. The molecule has 2 atom stereocenters. The molecule has 2 aromatic carbocycles. The highest BCUT2D eigenvalue weighted by molar-refractivity contribution is 7.97. The fourth-order valence-corrected chi connectivity index (χ4v) is 4.66. The first-order valence-electron chi connectivity index (χ1n) is 9.61. The predicted octanol–water partition coefficient (Wildman–Crippen LogP) is 4.52. The van der Waals surface area contributed by atoms with Crippen LogP contribution in [-0.2, 0) is 12.8 Å². The predicted molar refractivity (Wildman–Crippen MR) is 112 cm³/mol. The van der Waals surface area contributed by atoms with Crippen LogP contribution in [0.15, 0.2) is 53.6 Å². The third-order valence-corrected chi connectivity index (χ3v) is 6.04. The van der Waals surface area contributed by atoms with Gasteiger partial charge in [0, 0.05) is 23.1 Å². The molecule has 3 aromatic rings. The summed E-state index contributed by atoms with van der Waals surface area (Å²) in [5.74, 6) is -1.27. The lowest BCUT2D eigenvalue weighted by Crippen LogP contribution is -2.40. The van der Waals surface area contributed by atoms with Crippen LogP contribution in [-0.4, -0.2) is 22.0 Å². The van der Waals surface area contributed by atoms with Crippen molar-refractivity contribution in [3.63, 3.8) is 0 Å². The summed E-state index contributed by atoms with van der Waals surface area (Å²) >= 11 is 0.931. The van der Waals surface area contributed by atoms with Crippen molar-refractivity contribution in [2.45, 2.75) is 31.2 Å². The van der Waals surface area contributed by atoms with Crippen molar-refractivity contribution in [1.82, 2.24) is 14.7 Å². The molecule has 0 saturated carbocycles. The number of fused-ring (bicyclic) bond motifs is 1. The molecule has 0 saturated heterocycles. The van der Waals surface area contributed by atoms with E-state index in [0.29, 0.717) is 40.8 Å². The minimum atomic E-state index is -0.608. The van der Waals surface area contributed by atoms with Crippen LogP contribution in [0.2, 0.25) is 0 Å². The van der Waals surface area contributed by atoms with E-state index in [4.69, 9.17) is 0 Å². The molecule has 4 rings (SSSR count). The molecule has 0 amide bonds. The first kappa shape index (κ1) is 20.7. The first-order chi connectivity index (χ1) is 14.6. The number of aromatic nitrogens is 2. The molecule has 4 nitrogen and oxygen atoms in total. The van der Waals surface area contributed by atoms with Crippen molar-refractivity contribution in [3.05, 3.63) is 87.6 Å². The van der Waals surface area contributed by atoms with E-state index < -0.39 is 17.6 Å². The molecule has 30 heavy (non-hydrogen) atoms. The fraction of sp³-hybridized carbons (Fsp3) is 0.273. The lowest BCUT2D eigenvalue weighted by atomic mass is 9.78. The number of hydrogen-bond acceptors (Lipinski definition) is 4. The van der Waals surface area contributed by atoms with Crippen LogP contribution in [0, 0.1) is 11.6 Å². The van der Waals surface area contributed by atoms with Gasteiger partial charge in [-0.2, -0.15) is 0 Å². The molecule has 0 unspecified atom stereocenters.